The molecule has 1 aromatic carbocycles. The molecule has 21 heavy (non-hydrogen) atoms. The number of hydrogen-bond donors (Lipinski definition) is 2. The molecule has 0 radical (unpaired) electrons. The number of halogens is 1. The number of ether oxygens (including phenoxy) is 1. The molecule has 0 aliphatic carbocycles. The van der Waals surface area contributed by atoms with Gasteiger partial charge in [0, 0.05) is 23.6 Å². The van der Waals surface area contributed by atoms with E-state index in [9.17, 15) is 9.18 Å². The largest absolute Gasteiger partial charge is 0.396 e. The minimum Gasteiger partial charge on any atom is -0.396 e. The third kappa shape index (κ3) is 5.17. The van der Waals surface area contributed by atoms with Gasteiger partial charge >= 0.3 is 0 Å². The normalized spacial score (nSPS) is 10.5. The van der Waals surface area contributed by atoms with Crippen LogP contribution in [0.25, 0.3) is 0 Å². The average Bonchev–Trinajstić information content (AvgIpc) is 2.96. The van der Waals surface area contributed by atoms with Crippen LogP contribution >= 0.6 is 11.3 Å². The molecule has 112 valence electrons. The van der Waals surface area contributed by atoms with E-state index in [1.165, 1.54) is 23.1 Å². The molecular formula is C15H17FN2O2S. The summed E-state index contributed by atoms with van der Waals surface area (Å²) in [5.74, 6) is -0.629. The van der Waals surface area contributed by atoms with Crippen molar-refractivity contribution < 1.29 is 13.9 Å². The summed E-state index contributed by atoms with van der Waals surface area (Å²) in [6.07, 6.45) is 0.982. The molecule has 1 aromatic heterocycles. The van der Waals surface area contributed by atoms with Crippen LogP contribution in [0.1, 0.15) is 17.7 Å². The van der Waals surface area contributed by atoms with E-state index in [1.807, 2.05) is 17.5 Å². The highest BCUT2D eigenvalue weighted by Crippen LogP contribution is 2.16. The van der Waals surface area contributed by atoms with Crippen LogP contribution < -0.4 is 11.1 Å². The molecule has 0 bridgehead atoms. The van der Waals surface area contributed by atoms with Crippen LogP contribution in [0, 0.1) is 5.82 Å². The van der Waals surface area contributed by atoms with Crippen molar-refractivity contribution in [3.63, 3.8) is 0 Å². The zero-order chi connectivity index (χ0) is 15.1. The van der Waals surface area contributed by atoms with Crippen molar-refractivity contribution in [2.24, 2.45) is 0 Å². The summed E-state index contributed by atoms with van der Waals surface area (Å²) in [4.78, 5) is 12.9. The van der Waals surface area contributed by atoms with E-state index in [4.69, 9.17) is 10.5 Å². The highest BCUT2D eigenvalue weighted by atomic mass is 32.1. The van der Waals surface area contributed by atoms with Gasteiger partial charge in [0.25, 0.3) is 0 Å². The van der Waals surface area contributed by atoms with Gasteiger partial charge in [-0.25, -0.2) is 4.39 Å². The second-order valence-electron chi connectivity index (χ2n) is 4.52. The van der Waals surface area contributed by atoms with Crippen LogP contribution in [0.4, 0.5) is 15.8 Å². The van der Waals surface area contributed by atoms with Crippen LogP contribution in [0.5, 0.6) is 0 Å². The number of carbonyl (C=O) groups excluding carboxylic acids is 1. The molecule has 2 rings (SSSR count). The lowest BCUT2D eigenvalue weighted by atomic mass is 10.2. The number of nitrogens with two attached hydrogens (primary N) is 1. The zero-order valence-corrected chi connectivity index (χ0v) is 12.3. The van der Waals surface area contributed by atoms with Crippen molar-refractivity contribution in [1.82, 2.24) is 0 Å². The maximum atomic E-state index is 13.0. The van der Waals surface area contributed by atoms with Crippen LogP contribution in [0.2, 0.25) is 0 Å². The number of thiophene rings is 1. The van der Waals surface area contributed by atoms with Crippen LogP contribution in [-0.2, 0) is 16.1 Å². The first kappa shape index (κ1) is 15.5. The molecule has 0 saturated heterocycles. The Morgan fingerprint density at radius 2 is 2.24 bits per heavy atom. The van der Waals surface area contributed by atoms with Gasteiger partial charge < -0.3 is 15.8 Å². The Kier molecular flexibility index (Phi) is 5.71. The number of nitrogen functional groups attached to an aromatic ring is 1. The maximum absolute atomic E-state index is 13.0. The predicted molar refractivity (Wildman–Crippen MR) is 82.7 cm³/mol. The zero-order valence-electron chi connectivity index (χ0n) is 11.5. The SMILES string of the molecule is Nc1cc(NC(=O)CCCOCc2cccs2)ccc1F. The molecule has 0 atom stereocenters. The average molecular weight is 308 g/mol. The Bertz CT molecular complexity index is 587. The standard InChI is InChI=1S/C15H17FN2O2S/c16-13-6-5-11(9-14(13)17)18-15(19)4-1-7-20-10-12-3-2-8-21-12/h2-3,5-6,8-9H,1,4,7,10,17H2,(H,18,19). The summed E-state index contributed by atoms with van der Waals surface area (Å²) in [5, 5.41) is 4.68. The fourth-order valence-electron chi connectivity index (χ4n) is 1.75. The lowest BCUT2D eigenvalue weighted by Gasteiger charge is -2.07. The van der Waals surface area contributed by atoms with E-state index in [0.717, 1.165) is 0 Å². The highest BCUT2D eigenvalue weighted by Gasteiger charge is 2.05. The number of amides is 1. The molecule has 3 N–H and O–H groups in total. The Morgan fingerprint density at radius 3 is 2.95 bits per heavy atom. The Balaban J connectivity index is 1.64. The predicted octanol–water partition coefficient (Wildman–Crippen LogP) is 3.40. The monoisotopic (exact) mass is 308 g/mol. The molecule has 0 fully saturated rings. The smallest absolute Gasteiger partial charge is 0.224 e. The highest BCUT2D eigenvalue weighted by molar-refractivity contribution is 7.09. The molecule has 0 spiro atoms. The lowest BCUT2D eigenvalue weighted by molar-refractivity contribution is -0.116. The van der Waals surface area contributed by atoms with Crippen LogP contribution in [-0.4, -0.2) is 12.5 Å². The van der Waals surface area contributed by atoms with Gasteiger partial charge in [0.15, 0.2) is 0 Å². The van der Waals surface area contributed by atoms with Gasteiger partial charge in [-0.05, 0) is 36.1 Å². The molecule has 6 heteroatoms. The quantitative estimate of drug-likeness (QED) is 0.608. The molecule has 4 nitrogen and oxygen atoms in total. The van der Waals surface area contributed by atoms with Gasteiger partial charge in [-0.3, -0.25) is 4.79 Å². The number of benzene rings is 1. The summed E-state index contributed by atoms with van der Waals surface area (Å²) in [5.41, 5.74) is 5.96. The molecule has 2 aromatic rings. The second-order valence-corrected chi connectivity index (χ2v) is 5.55. The van der Waals surface area contributed by atoms with E-state index < -0.39 is 5.82 Å². The number of carbonyl (C=O) groups is 1. The van der Waals surface area contributed by atoms with Crippen molar-refractivity contribution in [1.29, 1.82) is 0 Å². The topological polar surface area (TPSA) is 64.3 Å². The van der Waals surface area contributed by atoms with E-state index in [0.29, 0.717) is 31.7 Å². The first-order valence-electron chi connectivity index (χ1n) is 6.60. The summed E-state index contributed by atoms with van der Waals surface area (Å²) in [7, 11) is 0. The first-order valence-corrected chi connectivity index (χ1v) is 7.48. The number of hydrogen-bond acceptors (Lipinski definition) is 4. The Hall–Kier alpha value is -1.92. The third-order valence-electron chi connectivity index (χ3n) is 2.80. The van der Waals surface area contributed by atoms with Crippen molar-refractivity contribution in [2.45, 2.75) is 19.4 Å². The van der Waals surface area contributed by atoms with E-state index >= 15 is 0 Å². The van der Waals surface area contributed by atoms with Gasteiger partial charge in [0.2, 0.25) is 5.91 Å². The molecule has 0 unspecified atom stereocenters. The Labute approximate surface area is 126 Å². The summed E-state index contributed by atoms with van der Waals surface area (Å²) in [6.45, 7) is 1.10. The van der Waals surface area contributed by atoms with E-state index in [2.05, 4.69) is 5.32 Å². The fraction of sp³-hybridized carbons (Fsp3) is 0.267. The van der Waals surface area contributed by atoms with Crippen LogP contribution in [0.3, 0.4) is 0 Å². The number of rotatable bonds is 7. The minimum absolute atomic E-state index is 0.0204. The number of anilines is 2. The molecule has 1 amide bonds. The van der Waals surface area contributed by atoms with Gasteiger partial charge in [0.1, 0.15) is 5.82 Å². The fourth-order valence-corrected chi connectivity index (χ4v) is 2.39. The van der Waals surface area contributed by atoms with Crippen LogP contribution in [0.15, 0.2) is 35.7 Å². The van der Waals surface area contributed by atoms with E-state index in [-0.39, 0.29) is 11.6 Å². The van der Waals surface area contributed by atoms with Crippen molar-refractivity contribution in [3.05, 3.63) is 46.4 Å². The minimum atomic E-state index is -0.491. The molecule has 1 heterocycles. The summed E-state index contributed by atoms with van der Waals surface area (Å²) < 4.78 is 18.5. The van der Waals surface area contributed by atoms with Crippen molar-refractivity contribution in [3.8, 4) is 0 Å². The Morgan fingerprint density at radius 1 is 1.38 bits per heavy atom. The molecular weight excluding hydrogens is 291 g/mol. The van der Waals surface area contributed by atoms with E-state index in [1.54, 1.807) is 11.3 Å². The van der Waals surface area contributed by atoms with Crippen molar-refractivity contribution >= 4 is 28.6 Å². The second kappa shape index (κ2) is 7.75. The third-order valence-corrected chi connectivity index (χ3v) is 3.65. The van der Waals surface area contributed by atoms with Gasteiger partial charge in [-0.2, -0.15) is 0 Å². The summed E-state index contributed by atoms with van der Waals surface area (Å²) in [6, 6.07) is 8.11. The van der Waals surface area contributed by atoms with Crippen molar-refractivity contribution in [2.75, 3.05) is 17.7 Å². The molecule has 0 saturated carbocycles. The molecule has 0 aliphatic heterocycles. The number of nitrogens with one attached hydrogen (secondary N) is 1. The van der Waals surface area contributed by atoms with Gasteiger partial charge in [0.05, 0.1) is 12.3 Å². The van der Waals surface area contributed by atoms with Gasteiger partial charge in [-0.15, -0.1) is 11.3 Å². The summed E-state index contributed by atoms with van der Waals surface area (Å²) >= 11 is 1.64. The maximum Gasteiger partial charge on any atom is 0.224 e. The first-order chi connectivity index (χ1) is 10.1. The lowest BCUT2D eigenvalue weighted by Crippen LogP contribution is -2.12. The van der Waals surface area contributed by atoms with Gasteiger partial charge in [-0.1, -0.05) is 6.07 Å². The molecule has 0 aliphatic rings.